The summed E-state index contributed by atoms with van der Waals surface area (Å²) < 4.78 is 71.6. The molecule has 2 rings (SSSR count). The van der Waals surface area contributed by atoms with E-state index >= 15 is 0 Å². The fourth-order valence-corrected chi connectivity index (χ4v) is 3.14. The molecule has 0 radical (unpaired) electrons. The van der Waals surface area contributed by atoms with Crippen LogP contribution >= 0.6 is 0 Å². The number of furan rings is 1. The van der Waals surface area contributed by atoms with Gasteiger partial charge in [0.2, 0.25) is 15.9 Å². The normalized spacial score (nSPS) is 12.0. The van der Waals surface area contributed by atoms with Crippen molar-refractivity contribution in [1.29, 1.82) is 0 Å². The zero-order valence-electron chi connectivity index (χ0n) is 14.2. The maximum atomic E-state index is 12.1. The Balaban J connectivity index is 1.86. The molecule has 0 saturated carbocycles. The number of nitrogens with one attached hydrogen (secondary N) is 1. The molecule has 0 unspecified atom stereocenters. The molecule has 0 fully saturated rings. The largest absolute Gasteiger partial charge is 0.573 e. The van der Waals surface area contributed by atoms with Gasteiger partial charge in [-0.3, -0.25) is 4.79 Å². The van der Waals surface area contributed by atoms with Gasteiger partial charge in [-0.05, 0) is 36.4 Å². The third-order valence-corrected chi connectivity index (χ3v) is 4.87. The van der Waals surface area contributed by atoms with Crippen LogP contribution in [0.2, 0.25) is 0 Å². The van der Waals surface area contributed by atoms with E-state index < -0.39 is 22.1 Å². The van der Waals surface area contributed by atoms with Crippen molar-refractivity contribution in [3.05, 3.63) is 48.4 Å². The summed E-state index contributed by atoms with van der Waals surface area (Å²) >= 11 is 0. The summed E-state index contributed by atoms with van der Waals surface area (Å²) in [6, 6.07) is 7.14. The maximum Gasteiger partial charge on any atom is 0.573 e. The number of sulfonamides is 1. The standard InChI is InChI=1S/C16H17F3N2O5S/c1-21(11-13-3-2-10-25-13)15(22)8-9-20-27(23,24)14-6-4-12(5-7-14)26-16(17,18)19/h2-7,10,20H,8-9,11H2,1H3. The van der Waals surface area contributed by atoms with Gasteiger partial charge in [-0.2, -0.15) is 0 Å². The summed E-state index contributed by atoms with van der Waals surface area (Å²) in [5.41, 5.74) is 0. The molecule has 0 saturated heterocycles. The van der Waals surface area contributed by atoms with E-state index in [9.17, 15) is 26.4 Å². The van der Waals surface area contributed by atoms with Crippen molar-refractivity contribution in [3.63, 3.8) is 0 Å². The lowest BCUT2D eigenvalue weighted by Crippen LogP contribution is -2.31. The number of rotatable bonds is 8. The van der Waals surface area contributed by atoms with E-state index in [1.807, 2.05) is 0 Å². The first-order chi connectivity index (χ1) is 12.6. The Morgan fingerprint density at radius 1 is 1.22 bits per heavy atom. The minimum atomic E-state index is -4.86. The highest BCUT2D eigenvalue weighted by Crippen LogP contribution is 2.23. The van der Waals surface area contributed by atoms with Crippen molar-refractivity contribution in [2.75, 3.05) is 13.6 Å². The summed E-state index contributed by atoms with van der Waals surface area (Å²) in [4.78, 5) is 13.1. The summed E-state index contributed by atoms with van der Waals surface area (Å²) in [7, 11) is -2.41. The predicted molar refractivity (Wildman–Crippen MR) is 88.1 cm³/mol. The molecule has 2 aromatic rings. The molecular weight excluding hydrogens is 389 g/mol. The molecule has 11 heteroatoms. The molecule has 148 valence electrons. The summed E-state index contributed by atoms with van der Waals surface area (Å²) in [5, 5.41) is 0. The second-order valence-corrected chi connectivity index (χ2v) is 7.26. The Kier molecular flexibility index (Phi) is 6.50. The second-order valence-electron chi connectivity index (χ2n) is 5.50. The molecule has 1 amide bonds. The third-order valence-electron chi connectivity index (χ3n) is 3.40. The highest BCUT2D eigenvalue weighted by molar-refractivity contribution is 7.89. The summed E-state index contributed by atoms with van der Waals surface area (Å²) in [6.07, 6.45) is -3.47. The molecule has 1 aromatic heterocycles. The lowest BCUT2D eigenvalue weighted by molar-refractivity contribution is -0.274. The lowest BCUT2D eigenvalue weighted by atomic mass is 10.3. The number of ether oxygens (including phenoxy) is 1. The van der Waals surface area contributed by atoms with Crippen LogP contribution in [0.15, 0.2) is 52.0 Å². The van der Waals surface area contributed by atoms with Crippen molar-refractivity contribution >= 4 is 15.9 Å². The molecule has 1 N–H and O–H groups in total. The van der Waals surface area contributed by atoms with E-state index in [2.05, 4.69) is 9.46 Å². The molecule has 0 atom stereocenters. The van der Waals surface area contributed by atoms with E-state index in [1.54, 1.807) is 19.2 Å². The number of carbonyl (C=O) groups excluding carboxylic acids is 1. The Bertz CT molecular complexity index is 849. The average molecular weight is 406 g/mol. The van der Waals surface area contributed by atoms with Crippen molar-refractivity contribution in [2.24, 2.45) is 0 Å². The van der Waals surface area contributed by atoms with Gasteiger partial charge in [-0.25, -0.2) is 13.1 Å². The molecule has 7 nitrogen and oxygen atoms in total. The fourth-order valence-electron chi connectivity index (χ4n) is 2.11. The van der Waals surface area contributed by atoms with E-state index in [0.717, 1.165) is 24.3 Å². The van der Waals surface area contributed by atoms with Gasteiger partial charge >= 0.3 is 6.36 Å². The number of carbonyl (C=O) groups is 1. The monoisotopic (exact) mass is 406 g/mol. The van der Waals surface area contributed by atoms with E-state index in [1.165, 1.54) is 11.2 Å². The second kappa shape index (κ2) is 8.44. The number of hydrogen-bond acceptors (Lipinski definition) is 5. The topological polar surface area (TPSA) is 88.9 Å². The van der Waals surface area contributed by atoms with Crippen molar-refractivity contribution in [3.8, 4) is 5.75 Å². The minimum absolute atomic E-state index is 0.0916. The van der Waals surface area contributed by atoms with Gasteiger partial charge in [-0.15, -0.1) is 13.2 Å². The van der Waals surface area contributed by atoms with Crippen LogP contribution in [0.1, 0.15) is 12.2 Å². The summed E-state index contributed by atoms with van der Waals surface area (Å²) in [6.45, 7) is 0.0870. The molecule has 0 aliphatic carbocycles. The molecule has 0 aliphatic heterocycles. The van der Waals surface area contributed by atoms with Crippen molar-refractivity contribution in [2.45, 2.75) is 24.2 Å². The third kappa shape index (κ3) is 6.61. The van der Waals surface area contributed by atoms with E-state index in [-0.39, 0.29) is 30.3 Å². The van der Waals surface area contributed by atoms with E-state index in [4.69, 9.17) is 4.42 Å². The molecule has 1 aromatic carbocycles. The van der Waals surface area contributed by atoms with Gasteiger partial charge in [0.15, 0.2) is 0 Å². The number of benzene rings is 1. The first-order valence-electron chi connectivity index (χ1n) is 7.69. The zero-order valence-corrected chi connectivity index (χ0v) is 15.0. The fraction of sp³-hybridized carbons (Fsp3) is 0.312. The first-order valence-corrected chi connectivity index (χ1v) is 9.17. The average Bonchev–Trinajstić information content (AvgIpc) is 3.06. The van der Waals surface area contributed by atoms with Crippen LogP contribution < -0.4 is 9.46 Å². The number of nitrogens with zero attached hydrogens (tertiary/aromatic N) is 1. The highest BCUT2D eigenvalue weighted by Gasteiger charge is 2.31. The predicted octanol–water partition coefficient (Wildman–Crippen LogP) is 2.51. The Labute approximate surface area is 153 Å². The number of amides is 1. The van der Waals surface area contributed by atoms with Crippen LogP contribution in [0, 0.1) is 0 Å². The summed E-state index contributed by atoms with van der Waals surface area (Å²) in [5.74, 6) is -0.244. The quantitative estimate of drug-likeness (QED) is 0.728. The molecule has 0 spiro atoms. The van der Waals surface area contributed by atoms with Gasteiger partial charge < -0.3 is 14.1 Å². The molecule has 0 bridgehead atoms. The van der Waals surface area contributed by atoms with Gasteiger partial charge in [0.25, 0.3) is 0 Å². The van der Waals surface area contributed by atoms with Crippen LogP contribution in [0.25, 0.3) is 0 Å². The Morgan fingerprint density at radius 3 is 2.44 bits per heavy atom. The number of alkyl halides is 3. The lowest BCUT2D eigenvalue weighted by Gasteiger charge is -2.16. The van der Waals surface area contributed by atoms with Crippen LogP contribution in [-0.2, 0) is 21.4 Å². The number of hydrogen-bond donors (Lipinski definition) is 1. The molecule has 27 heavy (non-hydrogen) atoms. The van der Waals surface area contributed by atoms with E-state index in [0.29, 0.717) is 5.76 Å². The highest BCUT2D eigenvalue weighted by atomic mass is 32.2. The van der Waals surface area contributed by atoms with Crippen LogP contribution in [0.4, 0.5) is 13.2 Å². The van der Waals surface area contributed by atoms with Crippen LogP contribution in [0.5, 0.6) is 5.75 Å². The first kappa shape index (κ1) is 20.8. The molecule has 0 aliphatic rings. The van der Waals surface area contributed by atoms with Crippen LogP contribution in [-0.4, -0.2) is 39.2 Å². The Hall–Kier alpha value is -2.53. The number of halogens is 3. The van der Waals surface area contributed by atoms with Crippen LogP contribution in [0.3, 0.4) is 0 Å². The van der Waals surface area contributed by atoms with Gasteiger partial charge in [0, 0.05) is 20.0 Å². The maximum absolute atomic E-state index is 12.1. The van der Waals surface area contributed by atoms with Gasteiger partial charge in [0.1, 0.15) is 11.5 Å². The molecule has 1 heterocycles. The van der Waals surface area contributed by atoms with Crippen molar-refractivity contribution < 1.29 is 35.5 Å². The zero-order chi connectivity index (χ0) is 20.1. The smallest absolute Gasteiger partial charge is 0.467 e. The minimum Gasteiger partial charge on any atom is -0.467 e. The van der Waals surface area contributed by atoms with Gasteiger partial charge in [0.05, 0.1) is 17.7 Å². The Morgan fingerprint density at radius 2 is 1.89 bits per heavy atom. The SMILES string of the molecule is CN(Cc1ccco1)C(=O)CCNS(=O)(=O)c1ccc(OC(F)(F)F)cc1. The van der Waals surface area contributed by atoms with Gasteiger partial charge in [-0.1, -0.05) is 0 Å². The van der Waals surface area contributed by atoms with Crippen molar-refractivity contribution in [1.82, 2.24) is 9.62 Å². The molecular formula is C16H17F3N2O5S.